The molecular formula is C15H16O4. The number of fused-ring (bicyclic) bond motifs is 1. The number of aromatic carboxylic acids is 1. The molecule has 19 heavy (non-hydrogen) atoms. The van der Waals surface area contributed by atoms with Crippen molar-refractivity contribution >= 4 is 16.7 Å². The molecule has 0 aliphatic carbocycles. The molecule has 1 atom stereocenters. The fraction of sp³-hybridized carbons (Fsp3) is 0.267. The first-order valence-corrected chi connectivity index (χ1v) is 6.11. The molecule has 2 rings (SSSR count). The van der Waals surface area contributed by atoms with Crippen LogP contribution in [0.1, 0.15) is 17.3 Å². The largest absolute Gasteiger partial charge is 0.492 e. The van der Waals surface area contributed by atoms with Crippen LogP contribution in [-0.2, 0) is 0 Å². The van der Waals surface area contributed by atoms with E-state index in [0.717, 1.165) is 10.8 Å². The minimum absolute atomic E-state index is 0.00991. The quantitative estimate of drug-likeness (QED) is 0.867. The Hall–Kier alpha value is -2.07. The maximum absolute atomic E-state index is 11.3. The molecule has 0 spiro atoms. The van der Waals surface area contributed by atoms with Crippen molar-refractivity contribution in [3.05, 3.63) is 42.0 Å². The fourth-order valence-corrected chi connectivity index (χ4v) is 1.79. The molecule has 0 aliphatic rings. The highest BCUT2D eigenvalue weighted by molar-refractivity contribution is 5.97. The summed E-state index contributed by atoms with van der Waals surface area (Å²) in [4.78, 5) is 11.3. The van der Waals surface area contributed by atoms with Gasteiger partial charge in [-0.1, -0.05) is 31.2 Å². The van der Waals surface area contributed by atoms with Crippen LogP contribution in [-0.4, -0.2) is 29.4 Å². The van der Waals surface area contributed by atoms with Crippen LogP contribution in [0.4, 0.5) is 0 Å². The second kappa shape index (κ2) is 5.71. The minimum atomic E-state index is -1.02. The summed E-state index contributed by atoms with van der Waals surface area (Å²) in [7, 11) is 0. The molecule has 0 saturated carbocycles. The zero-order valence-electron chi connectivity index (χ0n) is 10.7. The van der Waals surface area contributed by atoms with Gasteiger partial charge in [-0.2, -0.15) is 0 Å². The van der Waals surface area contributed by atoms with Gasteiger partial charge >= 0.3 is 5.97 Å². The second-order valence-corrected chi connectivity index (χ2v) is 4.60. The number of aliphatic hydroxyl groups excluding tert-OH is 1. The molecule has 0 aromatic heterocycles. The number of rotatable bonds is 5. The number of carboxylic acid groups (broad SMARTS) is 1. The first-order valence-electron chi connectivity index (χ1n) is 6.11. The van der Waals surface area contributed by atoms with Gasteiger partial charge in [0, 0.05) is 12.5 Å². The Morgan fingerprint density at radius 1 is 1.26 bits per heavy atom. The Morgan fingerprint density at radius 3 is 2.47 bits per heavy atom. The third kappa shape index (κ3) is 3.03. The first kappa shape index (κ1) is 13.4. The Kier molecular flexibility index (Phi) is 4.02. The lowest BCUT2D eigenvalue weighted by Gasteiger charge is -2.13. The SMILES string of the molecule is CC(CO)COc1cc2ccccc2cc1C(=O)O. The molecule has 1 unspecified atom stereocenters. The van der Waals surface area contributed by atoms with Crippen molar-refractivity contribution < 1.29 is 19.7 Å². The lowest BCUT2D eigenvalue weighted by Crippen LogP contribution is -2.13. The van der Waals surface area contributed by atoms with E-state index >= 15 is 0 Å². The van der Waals surface area contributed by atoms with Crippen LogP contribution >= 0.6 is 0 Å². The summed E-state index contributed by atoms with van der Waals surface area (Å²) in [6.45, 7) is 2.13. The van der Waals surface area contributed by atoms with Crippen molar-refractivity contribution in [3.63, 3.8) is 0 Å². The van der Waals surface area contributed by atoms with Crippen molar-refractivity contribution in [3.8, 4) is 5.75 Å². The molecule has 2 N–H and O–H groups in total. The van der Waals surface area contributed by atoms with E-state index in [1.165, 1.54) is 0 Å². The summed E-state index contributed by atoms with van der Waals surface area (Å²) in [5.41, 5.74) is 0.142. The highest BCUT2D eigenvalue weighted by Crippen LogP contribution is 2.26. The molecule has 100 valence electrons. The van der Waals surface area contributed by atoms with Gasteiger partial charge in [0.1, 0.15) is 11.3 Å². The maximum atomic E-state index is 11.3. The van der Waals surface area contributed by atoms with Crippen LogP contribution in [0.5, 0.6) is 5.75 Å². The Bertz CT molecular complexity index is 592. The van der Waals surface area contributed by atoms with Crippen LogP contribution in [0, 0.1) is 5.92 Å². The molecule has 0 fully saturated rings. The first-order chi connectivity index (χ1) is 9.11. The average molecular weight is 260 g/mol. The van der Waals surface area contributed by atoms with E-state index in [-0.39, 0.29) is 24.7 Å². The molecule has 2 aromatic carbocycles. The molecule has 0 heterocycles. The molecule has 4 heteroatoms. The second-order valence-electron chi connectivity index (χ2n) is 4.60. The molecule has 0 radical (unpaired) electrons. The molecular weight excluding hydrogens is 244 g/mol. The highest BCUT2D eigenvalue weighted by Gasteiger charge is 2.13. The van der Waals surface area contributed by atoms with Crippen LogP contribution in [0.15, 0.2) is 36.4 Å². The number of aliphatic hydroxyl groups is 1. The van der Waals surface area contributed by atoms with Crippen LogP contribution in [0.25, 0.3) is 10.8 Å². The molecule has 0 bridgehead atoms. The van der Waals surface area contributed by atoms with Gasteiger partial charge in [0.15, 0.2) is 0 Å². The van der Waals surface area contributed by atoms with Gasteiger partial charge in [-0.25, -0.2) is 4.79 Å². The Morgan fingerprint density at radius 2 is 1.89 bits per heavy atom. The summed E-state index contributed by atoms with van der Waals surface area (Å²) in [5.74, 6) is -0.711. The van der Waals surface area contributed by atoms with E-state index in [1.807, 2.05) is 31.2 Å². The zero-order valence-corrected chi connectivity index (χ0v) is 10.7. The van der Waals surface area contributed by atoms with Gasteiger partial charge in [-0.3, -0.25) is 0 Å². The van der Waals surface area contributed by atoms with Crippen LogP contribution in [0.2, 0.25) is 0 Å². The summed E-state index contributed by atoms with van der Waals surface area (Å²) in [6.07, 6.45) is 0. The van der Waals surface area contributed by atoms with Crippen LogP contribution < -0.4 is 4.74 Å². The third-order valence-electron chi connectivity index (χ3n) is 2.91. The molecule has 0 amide bonds. The Labute approximate surface area is 111 Å². The predicted octanol–water partition coefficient (Wildman–Crippen LogP) is 2.55. The smallest absolute Gasteiger partial charge is 0.339 e. The van der Waals surface area contributed by atoms with Crippen molar-refractivity contribution in [2.45, 2.75) is 6.92 Å². The van der Waals surface area contributed by atoms with E-state index in [9.17, 15) is 9.90 Å². The van der Waals surface area contributed by atoms with E-state index in [0.29, 0.717) is 5.75 Å². The minimum Gasteiger partial charge on any atom is -0.492 e. The Balaban J connectivity index is 2.39. The highest BCUT2D eigenvalue weighted by atomic mass is 16.5. The van der Waals surface area contributed by atoms with Crippen molar-refractivity contribution in [2.75, 3.05) is 13.2 Å². The van der Waals surface area contributed by atoms with Crippen molar-refractivity contribution in [1.82, 2.24) is 0 Å². The molecule has 0 saturated heterocycles. The zero-order chi connectivity index (χ0) is 13.8. The topological polar surface area (TPSA) is 66.8 Å². The van der Waals surface area contributed by atoms with Crippen molar-refractivity contribution in [2.24, 2.45) is 5.92 Å². The maximum Gasteiger partial charge on any atom is 0.339 e. The van der Waals surface area contributed by atoms with Gasteiger partial charge in [-0.15, -0.1) is 0 Å². The normalized spacial score (nSPS) is 12.3. The van der Waals surface area contributed by atoms with Gasteiger partial charge < -0.3 is 14.9 Å². The lowest BCUT2D eigenvalue weighted by atomic mass is 10.1. The third-order valence-corrected chi connectivity index (χ3v) is 2.91. The summed E-state index contributed by atoms with van der Waals surface area (Å²) in [6, 6.07) is 10.9. The number of hydrogen-bond donors (Lipinski definition) is 2. The number of benzene rings is 2. The number of carbonyl (C=O) groups is 1. The van der Waals surface area contributed by atoms with Crippen LogP contribution in [0.3, 0.4) is 0 Å². The fourth-order valence-electron chi connectivity index (χ4n) is 1.79. The summed E-state index contributed by atoms with van der Waals surface area (Å²) >= 11 is 0. The van der Waals surface area contributed by atoms with E-state index in [4.69, 9.17) is 9.84 Å². The van der Waals surface area contributed by atoms with Gasteiger partial charge in [-0.05, 0) is 22.9 Å². The number of ether oxygens (including phenoxy) is 1. The average Bonchev–Trinajstić information content (AvgIpc) is 2.43. The molecule has 4 nitrogen and oxygen atoms in total. The lowest BCUT2D eigenvalue weighted by molar-refractivity contribution is 0.0691. The van der Waals surface area contributed by atoms with Crippen molar-refractivity contribution in [1.29, 1.82) is 0 Å². The number of carboxylic acids is 1. The van der Waals surface area contributed by atoms with E-state index in [1.54, 1.807) is 12.1 Å². The van der Waals surface area contributed by atoms with E-state index < -0.39 is 5.97 Å². The van der Waals surface area contributed by atoms with E-state index in [2.05, 4.69) is 0 Å². The number of hydrogen-bond acceptors (Lipinski definition) is 3. The van der Waals surface area contributed by atoms with Gasteiger partial charge in [0.25, 0.3) is 0 Å². The summed E-state index contributed by atoms with van der Waals surface area (Å²) in [5, 5.41) is 20.0. The van der Waals surface area contributed by atoms with Gasteiger partial charge in [0.05, 0.1) is 6.61 Å². The molecule has 0 aliphatic heterocycles. The van der Waals surface area contributed by atoms with Gasteiger partial charge in [0.2, 0.25) is 0 Å². The standard InChI is InChI=1S/C15H16O4/c1-10(8-16)9-19-14-7-12-5-3-2-4-11(12)6-13(14)15(17)18/h2-7,10,16H,8-9H2,1H3,(H,17,18). The monoisotopic (exact) mass is 260 g/mol. The molecule has 2 aromatic rings. The summed E-state index contributed by atoms with van der Waals surface area (Å²) < 4.78 is 5.52. The predicted molar refractivity (Wildman–Crippen MR) is 72.7 cm³/mol.